The van der Waals surface area contributed by atoms with E-state index in [1.165, 1.54) is 72.8 Å². The van der Waals surface area contributed by atoms with Gasteiger partial charge in [-0.2, -0.15) is 0 Å². The van der Waals surface area contributed by atoms with Crippen LogP contribution in [0.15, 0.2) is 107 Å². The predicted molar refractivity (Wildman–Crippen MR) is 300 cm³/mol. The van der Waals surface area contributed by atoms with Crippen LogP contribution in [0.25, 0.3) is 20.9 Å². The van der Waals surface area contributed by atoms with Crippen molar-refractivity contribution < 1.29 is 81.4 Å². The highest BCUT2D eigenvalue weighted by atomic mass is 16.5. The lowest BCUT2D eigenvalue weighted by Crippen LogP contribution is -2.37. The minimum absolute atomic E-state index is 0.0356. The Labute approximate surface area is 479 Å². The van der Waals surface area contributed by atoms with Crippen molar-refractivity contribution in [3.05, 3.63) is 140 Å². The summed E-state index contributed by atoms with van der Waals surface area (Å²) in [7, 11) is 0. The van der Waals surface area contributed by atoms with Crippen LogP contribution in [0.5, 0.6) is 11.5 Å². The van der Waals surface area contributed by atoms with Crippen molar-refractivity contribution >= 4 is 58.1 Å². The molecule has 0 aromatic heterocycles. The highest BCUT2D eigenvalue weighted by Crippen LogP contribution is 2.20. The standard InChI is InChI=1S/C58H70N8O17/c59-56(73)46(39-67)12-21-51(70)41-81-36-34-78-29-4-6-50(69)40-80-35-33-77-28-3-5-49(68)37-66(38-55(72)43-15-24-53(25-16-43)83-58(75)45-10-19-48(20-11-45)63-65-61)26-30-79-32-31-76-27-2-1-7-54(71)42-13-22-52(23-14-42)82-57(74)44-8-17-47(18-9-44)62-64-60/h8-11,13-20,22-25,46,67H,1-7,12,21,26-41H2,(H2,59,73)/t46-/m0/s1. The minimum Gasteiger partial charge on any atom is -0.423 e. The summed E-state index contributed by atoms with van der Waals surface area (Å²) >= 11 is 0. The number of benzene rings is 4. The molecular formula is C58H70N8O17. The maximum Gasteiger partial charge on any atom is 0.343 e. The lowest BCUT2D eigenvalue weighted by molar-refractivity contribution is -0.127. The zero-order chi connectivity index (χ0) is 59.9. The largest absolute Gasteiger partial charge is 0.423 e. The van der Waals surface area contributed by atoms with Gasteiger partial charge in [0.1, 0.15) is 30.5 Å². The molecule has 0 unspecified atom stereocenters. The molecule has 0 aliphatic carbocycles. The number of carbonyl (C=O) groups is 8. The van der Waals surface area contributed by atoms with Crippen LogP contribution < -0.4 is 15.2 Å². The van der Waals surface area contributed by atoms with E-state index >= 15 is 0 Å². The number of azide groups is 2. The van der Waals surface area contributed by atoms with Gasteiger partial charge in [-0.25, -0.2) is 9.59 Å². The van der Waals surface area contributed by atoms with E-state index in [1.807, 2.05) is 0 Å². The number of hydrogen-bond donors (Lipinski definition) is 2. The highest BCUT2D eigenvalue weighted by molar-refractivity contribution is 5.98. The van der Waals surface area contributed by atoms with Gasteiger partial charge < -0.3 is 48.7 Å². The summed E-state index contributed by atoms with van der Waals surface area (Å²) in [5, 5.41) is 16.1. The van der Waals surface area contributed by atoms with Crippen LogP contribution >= 0.6 is 0 Å². The molecule has 3 N–H and O–H groups in total. The van der Waals surface area contributed by atoms with Crippen molar-refractivity contribution in [2.75, 3.05) is 106 Å². The third-order valence-electron chi connectivity index (χ3n) is 12.1. The minimum atomic E-state index is -0.764. The van der Waals surface area contributed by atoms with Gasteiger partial charge in [0.2, 0.25) is 5.91 Å². The SMILES string of the molecule is [N-]=[N+]=Nc1ccc(C(=O)Oc2ccc(C(=O)CCCCOCCOCCN(CC(=O)CCCOCCOCC(=O)CCCOCCOCC(=O)CC[C@@H](CO)C(N)=O)CC(=O)c3ccc(OC(=O)c4ccc(N=[N+]=[N-])cc4)cc3)cc2)cc1. The van der Waals surface area contributed by atoms with Crippen molar-refractivity contribution in [3.8, 4) is 11.5 Å². The van der Waals surface area contributed by atoms with E-state index in [2.05, 4.69) is 20.1 Å². The lowest BCUT2D eigenvalue weighted by Gasteiger charge is -2.21. The van der Waals surface area contributed by atoms with Crippen LogP contribution in [-0.2, 0) is 47.6 Å². The van der Waals surface area contributed by atoms with E-state index in [0.29, 0.717) is 61.4 Å². The number of nitrogens with zero attached hydrogens (tertiary/aromatic N) is 7. The number of carbonyl (C=O) groups excluding carboxylic acids is 8. The molecule has 4 rings (SSSR count). The fourth-order valence-electron chi connectivity index (χ4n) is 7.53. The first kappa shape index (κ1) is 67.4. The summed E-state index contributed by atoms with van der Waals surface area (Å²) in [6, 6.07) is 24.1. The average molecular weight is 1150 g/mol. The Morgan fingerprint density at radius 3 is 1.36 bits per heavy atom. The van der Waals surface area contributed by atoms with Crippen LogP contribution in [0.2, 0.25) is 0 Å². The van der Waals surface area contributed by atoms with Gasteiger partial charge in [-0.15, -0.1) is 0 Å². The van der Waals surface area contributed by atoms with Crippen LogP contribution in [0.3, 0.4) is 0 Å². The number of rotatable bonds is 46. The Bertz CT molecular complexity index is 2790. The number of nitrogens with two attached hydrogens (primary N) is 1. The van der Waals surface area contributed by atoms with E-state index in [-0.39, 0.29) is 169 Å². The van der Waals surface area contributed by atoms with Crippen LogP contribution in [0.4, 0.5) is 11.4 Å². The first-order chi connectivity index (χ1) is 40.3. The van der Waals surface area contributed by atoms with Gasteiger partial charge in [0.25, 0.3) is 0 Å². The molecule has 0 heterocycles. The van der Waals surface area contributed by atoms with E-state index in [0.717, 1.165) is 0 Å². The van der Waals surface area contributed by atoms with Gasteiger partial charge in [0, 0.05) is 84.4 Å². The number of aliphatic hydroxyl groups excluding tert-OH is 1. The molecule has 83 heavy (non-hydrogen) atoms. The molecule has 0 fully saturated rings. The van der Waals surface area contributed by atoms with Crippen LogP contribution in [0.1, 0.15) is 99.2 Å². The number of aliphatic hydroxyl groups is 1. The van der Waals surface area contributed by atoms with E-state index < -0.39 is 30.4 Å². The lowest BCUT2D eigenvalue weighted by atomic mass is 10.0. The Morgan fingerprint density at radius 2 is 0.892 bits per heavy atom. The molecule has 444 valence electrons. The molecule has 0 spiro atoms. The molecule has 0 radical (unpaired) electrons. The molecule has 0 saturated heterocycles. The second-order valence-corrected chi connectivity index (χ2v) is 18.5. The summed E-state index contributed by atoms with van der Waals surface area (Å²) in [4.78, 5) is 107. The second-order valence-electron chi connectivity index (χ2n) is 18.5. The smallest absolute Gasteiger partial charge is 0.343 e. The number of esters is 2. The van der Waals surface area contributed by atoms with Gasteiger partial charge in [-0.05, 0) is 116 Å². The Hall–Kier alpha value is -8.06. The maximum atomic E-state index is 13.5. The fraction of sp³-hybridized carbons (Fsp3) is 0.448. The molecule has 1 amide bonds. The van der Waals surface area contributed by atoms with Crippen LogP contribution in [-0.4, -0.2) is 162 Å². The predicted octanol–water partition coefficient (Wildman–Crippen LogP) is 7.79. The third-order valence-corrected chi connectivity index (χ3v) is 12.1. The summed E-state index contributed by atoms with van der Waals surface area (Å²) in [6.45, 7) is 1.96. The van der Waals surface area contributed by atoms with Crippen molar-refractivity contribution in [1.29, 1.82) is 0 Å². The van der Waals surface area contributed by atoms with Crippen LogP contribution in [0, 0.1) is 5.92 Å². The Balaban J connectivity index is 1.10. The summed E-state index contributed by atoms with van der Waals surface area (Å²) in [6.07, 6.45) is 3.03. The molecule has 0 bridgehead atoms. The molecule has 1 atom stereocenters. The average Bonchev–Trinajstić information content (AvgIpc) is 3.53. The van der Waals surface area contributed by atoms with Gasteiger partial charge in [-0.3, -0.25) is 33.7 Å². The van der Waals surface area contributed by atoms with Crippen molar-refractivity contribution in [1.82, 2.24) is 4.90 Å². The molecular weight excluding hydrogens is 1080 g/mol. The number of Topliss-reactive ketones (excluding diaryl/α,β-unsaturated/α-hetero) is 5. The summed E-state index contributed by atoms with van der Waals surface area (Å²) in [5.41, 5.74) is 24.3. The van der Waals surface area contributed by atoms with Crippen molar-refractivity contribution in [2.24, 2.45) is 21.9 Å². The zero-order valence-corrected chi connectivity index (χ0v) is 46.2. The van der Waals surface area contributed by atoms with E-state index in [1.54, 1.807) is 29.2 Å². The topological polar surface area (TPSA) is 357 Å². The first-order valence-corrected chi connectivity index (χ1v) is 26.9. The van der Waals surface area contributed by atoms with Crippen molar-refractivity contribution in [2.45, 2.75) is 57.8 Å². The van der Waals surface area contributed by atoms with Gasteiger partial charge in [0.05, 0.1) is 83.0 Å². The molecule has 4 aromatic carbocycles. The molecule has 25 nitrogen and oxygen atoms in total. The van der Waals surface area contributed by atoms with E-state index in [9.17, 15) is 38.4 Å². The molecule has 0 aliphatic rings. The van der Waals surface area contributed by atoms with Gasteiger partial charge >= 0.3 is 11.9 Å². The molecule has 0 saturated carbocycles. The van der Waals surface area contributed by atoms with Gasteiger partial charge in [0.15, 0.2) is 23.1 Å². The Kier molecular flexibility index (Phi) is 32.7. The number of ether oxygens (including phenoxy) is 8. The summed E-state index contributed by atoms with van der Waals surface area (Å²) in [5.74, 6) is -3.00. The summed E-state index contributed by atoms with van der Waals surface area (Å²) < 4.78 is 44.1. The monoisotopic (exact) mass is 1150 g/mol. The second kappa shape index (κ2) is 40.2. The Morgan fingerprint density at radius 1 is 0.470 bits per heavy atom. The number of ketones is 5. The molecule has 25 heteroatoms. The molecule has 0 aliphatic heterocycles. The fourth-order valence-corrected chi connectivity index (χ4v) is 7.53. The number of unbranched alkanes of at least 4 members (excludes halogenated alkanes) is 1. The van der Waals surface area contributed by atoms with E-state index in [4.69, 9.17) is 59.8 Å². The maximum absolute atomic E-state index is 13.5. The number of hydrogen-bond acceptors (Lipinski definition) is 20. The first-order valence-electron chi connectivity index (χ1n) is 26.9. The molecule has 4 aromatic rings. The number of primary amides is 1. The normalized spacial score (nSPS) is 11.3. The highest BCUT2D eigenvalue weighted by Gasteiger charge is 2.19. The van der Waals surface area contributed by atoms with Crippen molar-refractivity contribution in [3.63, 3.8) is 0 Å². The zero-order valence-electron chi connectivity index (χ0n) is 46.2. The quantitative estimate of drug-likeness (QED) is 0.00810. The number of amides is 1. The van der Waals surface area contributed by atoms with Gasteiger partial charge in [-0.1, -0.05) is 34.5 Å². The third kappa shape index (κ3) is 28.5.